The standard InChI is InChI=1S/C14H14N2O2/c1-9-5-6-11(8-13(9)17)16-14(18)12-4-3-7-15-10(12)2/h3-8,17H,1-2H3,(H,16,18). The van der Waals surface area contributed by atoms with Gasteiger partial charge >= 0.3 is 0 Å². The minimum Gasteiger partial charge on any atom is -0.508 e. The first-order valence-electron chi connectivity index (χ1n) is 5.60. The molecule has 0 spiro atoms. The summed E-state index contributed by atoms with van der Waals surface area (Å²) in [5, 5.41) is 12.3. The zero-order valence-corrected chi connectivity index (χ0v) is 10.3. The molecule has 2 aromatic rings. The van der Waals surface area contributed by atoms with Gasteiger partial charge in [-0.3, -0.25) is 9.78 Å². The molecule has 0 atom stereocenters. The summed E-state index contributed by atoms with van der Waals surface area (Å²) in [6.07, 6.45) is 1.64. The van der Waals surface area contributed by atoms with E-state index in [1.54, 1.807) is 44.3 Å². The lowest BCUT2D eigenvalue weighted by Crippen LogP contribution is -2.13. The molecule has 2 rings (SSSR count). The van der Waals surface area contributed by atoms with E-state index < -0.39 is 0 Å². The molecule has 0 unspecified atom stereocenters. The van der Waals surface area contributed by atoms with E-state index in [0.29, 0.717) is 16.9 Å². The number of carbonyl (C=O) groups excluding carboxylic acids is 1. The molecule has 1 aromatic carbocycles. The van der Waals surface area contributed by atoms with Crippen LogP contribution in [0.5, 0.6) is 5.75 Å². The van der Waals surface area contributed by atoms with Crippen LogP contribution in [0.2, 0.25) is 0 Å². The van der Waals surface area contributed by atoms with E-state index in [0.717, 1.165) is 5.56 Å². The summed E-state index contributed by atoms with van der Waals surface area (Å²) in [7, 11) is 0. The molecule has 0 fully saturated rings. The monoisotopic (exact) mass is 242 g/mol. The third-order valence-electron chi connectivity index (χ3n) is 2.72. The number of phenolic OH excluding ortho intramolecular Hbond substituents is 1. The highest BCUT2D eigenvalue weighted by Crippen LogP contribution is 2.21. The van der Waals surface area contributed by atoms with Gasteiger partial charge in [0.05, 0.1) is 5.56 Å². The maximum atomic E-state index is 12.0. The van der Waals surface area contributed by atoms with E-state index in [1.165, 1.54) is 6.07 Å². The summed E-state index contributed by atoms with van der Waals surface area (Å²) in [4.78, 5) is 16.1. The molecule has 1 heterocycles. The fourth-order valence-electron chi connectivity index (χ4n) is 1.61. The normalized spacial score (nSPS) is 10.1. The first-order chi connectivity index (χ1) is 8.58. The Morgan fingerprint density at radius 3 is 2.72 bits per heavy atom. The van der Waals surface area contributed by atoms with E-state index in [4.69, 9.17) is 0 Å². The van der Waals surface area contributed by atoms with Crippen LogP contribution in [0.4, 0.5) is 5.69 Å². The lowest BCUT2D eigenvalue weighted by molar-refractivity contribution is 0.102. The number of hydrogen-bond donors (Lipinski definition) is 2. The third-order valence-corrected chi connectivity index (χ3v) is 2.72. The summed E-state index contributed by atoms with van der Waals surface area (Å²) in [6, 6.07) is 8.46. The van der Waals surface area contributed by atoms with Crippen LogP contribution in [0, 0.1) is 13.8 Å². The highest BCUT2D eigenvalue weighted by molar-refractivity contribution is 6.05. The zero-order chi connectivity index (χ0) is 13.1. The predicted octanol–water partition coefficient (Wildman–Crippen LogP) is 2.66. The van der Waals surface area contributed by atoms with E-state index in [9.17, 15) is 9.90 Å². The Kier molecular flexibility index (Phi) is 3.28. The molecule has 4 nitrogen and oxygen atoms in total. The molecule has 0 radical (unpaired) electrons. The molecule has 0 bridgehead atoms. The van der Waals surface area contributed by atoms with E-state index in [1.807, 2.05) is 0 Å². The fourth-order valence-corrected chi connectivity index (χ4v) is 1.61. The van der Waals surface area contributed by atoms with Gasteiger partial charge in [0, 0.05) is 23.6 Å². The minimum absolute atomic E-state index is 0.163. The van der Waals surface area contributed by atoms with Crippen LogP contribution >= 0.6 is 0 Å². The Hall–Kier alpha value is -2.36. The zero-order valence-electron chi connectivity index (χ0n) is 10.3. The van der Waals surface area contributed by atoms with Gasteiger partial charge in [0.1, 0.15) is 5.75 Å². The van der Waals surface area contributed by atoms with Crippen LogP contribution in [-0.2, 0) is 0 Å². The van der Waals surface area contributed by atoms with E-state index >= 15 is 0 Å². The molecule has 0 aliphatic rings. The molecule has 1 aromatic heterocycles. The number of aromatic nitrogens is 1. The van der Waals surface area contributed by atoms with Crippen molar-refractivity contribution in [2.45, 2.75) is 13.8 Å². The van der Waals surface area contributed by atoms with Crippen molar-refractivity contribution in [1.29, 1.82) is 0 Å². The van der Waals surface area contributed by atoms with Gasteiger partial charge in [-0.05, 0) is 37.6 Å². The highest BCUT2D eigenvalue weighted by Gasteiger charge is 2.09. The maximum Gasteiger partial charge on any atom is 0.257 e. The van der Waals surface area contributed by atoms with Gasteiger partial charge in [-0.25, -0.2) is 0 Å². The number of carbonyl (C=O) groups is 1. The average molecular weight is 242 g/mol. The molecule has 1 amide bonds. The van der Waals surface area contributed by atoms with E-state index in [-0.39, 0.29) is 11.7 Å². The lowest BCUT2D eigenvalue weighted by Gasteiger charge is -2.08. The van der Waals surface area contributed by atoms with Crippen LogP contribution in [0.15, 0.2) is 36.5 Å². The molecule has 18 heavy (non-hydrogen) atoms. The van der Waals surface area contributed by atoms with E-state index in [2.05, 4.69) is 10.3 Å². The first kappa shape index (κ1) is 12.1. The lowest BCUT2D eigenvalue weighted by atomic mass is 10.1. The van der Waals surface area contributed by atoms with Gasteiger partial charge in [0.15, 0.2) is 0 Å². The van der Waals surface area contributed by atoms with Gasteiger partial charge < -0.3 is 10.4 Å². The number of hydrogen-bond acceptors (Lipinski definition) is 3. The highest BCUT2D eigenvalue weighted by atomic mass is 16.3. The predicted molar refractivity (Wildman–Crippen MR) is 69.8 cm³/mol. The molecule has 2 N–H and O–H groups in total. The van der Waals surface area contributed by atoms with Gasteiger partial charge in [-0.2, -0.15) is 0 Å². The summed E-state index contributed by atoms with van der Waals surface area (Å²) < 4.78 is 0. The van der Waals surface area contributed by atoms with Gasteiger partial charge in [-0.1, -0.05) is 6.07 Å². The van der Waals surface area contributed by atoms with Crippen molar-refractivity contribution >= 4 is 11.6 Å². The van der Waals surface area contributed by atoms with Crippen LogP contribution < -0.4 is 5.32 Å². The fraction of sp³-hybridized carbons (Fsp3) is 0.143. The second-order valence-electron chi connectivity index (χ2n) is 4.09. The SMILES string of the molecule is Cc1ccc(NC(=O)c2cccnc2C)cc1O. The van der Waals surface area contributed by atoms with Gasteiger partial charge in [0.2, 0.25) is 0 Å². The summed E-state index contributed by atoms with van der Waals surface area (Å²) >= 11 is 0. The van der Waals surface area contributed by atoms with Crippen LogP contribution in [0.25, 0.3) is 0 Å². The van der Waals surface area contributed by atoms with Crippen LogP contribution in [0.1, 0.15) is 21.6 Å². The average Bonchev–Trinajstić information content (AvgIpc) is 2.34. The molecule has 0 aliphatic heterocycles. The number of rotatable bonds is 2. The van der Waals surface area contributed by atoms with Crippen molar-refractivity contribution < 1.29 is 9.90 Å². The number of benzene rings is 1. The summed E-state index contributed by atoms with van der Waals surface area (Å²) in [5.41, 5.74) is 2.53. The smallest absolute Gasteiger partial charge is 0.257 e. The van der Waals surface area contributed by atoms with Crippen molar-refractivity contribution in [2.24, 2.45) is 0 Å². The Morgan fingerprint density at radius 2 is 2.06 bits per heavy atom. The van der Waals surface area contributed by atoms with Crippen molar-refractivity contribution in [3.63, 3.8) is 0 Å². The first-order valence-corrected chi connectivity index (χ1v) is 5.60. The van der Waals surface area contributed by atoms with Gasteiger partial charge in [0.25, 0.3) is 5.91 Å². The number of pyridine rings is 1. The van der Waals surface area contributed by atoms with Crippen molar-refractivity contribution in [3.05, 3.63) is 53.3 Å². The van der Waals surface area contributed by atoms with Crippen LogP contribution in [0.3, 0.4) is 0 Å². The second kappa shape index (κ2) is 4.87. The number of anilines is 1. The molecule has 0 saturated carbocycles. The molecular formula is C14H14N2O2. The number of nitrogens with one attached hydrogen (secondary N) is 1. The minimum atomic E-state index is -0.233. The number of phenols is 1. The molecule has 92 valence electrons. The van der Waals surface area contributed by atoms with Crippen molar-refractivity contribution in [3.8, 4) is 5.75 Å². The molecule has 0 saturated heterocycles. The number of aromatic hydroxyl groups is 1. The van der Waals surface area contributed by atoms with Gasteiger partial charge in [-0.15, -0.1) is 0 Å². The molecular weight excluding hydrogens is 228 g/mol. The molecule has 0 aliphatic carbocycles. The largest absolute Gasteiger partial charge is 0.508 e. The summed E-state index contributed by atoms with van der Waals surface area (Å²) in [6.45, 7) is 3.58. The van der Waals surface area contributed by atoms with Crippen LogP contribution in [-0.4, -0.2) is 16.0 Å². The third kappa shape index (κ3) is 2.48. The number of aryl methyl sites for hydroxylation is 2. The Balaban J connectivity index is 2.22. The Bertz CT molecular complexity index is 594. The maximum absolute atomic E-state index is 12.0. The number of nitrogens with zero attached hydrogens (tertiary/aromatic N) is 1. The molecule has 4 heteroatoms. The number of amides is 1. The quantitative estimate of drug-likeness (QED) is 0.851. The topological polar surface area (TPSA) is 62.2 Å². The van der Waals surface area contributed by atoms with Crippen molar-refractivity contribution in [1.82, 2.24) is 4.98 Å². The second-order valence-corrected chi connectivity index (χ2v) is 4.09. The van der Waals surface area contributed by atoms with Crippen molar-refractivity contribution in [2.75, 3.05) is 5.32 Å². The Labute approximate surface area is 105 Å². The summed E-state index contributed by atoms with van der Waals surface area (Å²) in [5.74, 6) is -0.0699. The Morgan fingerprint density at radius 1 is 1.28 bits per heavy atom.